The minimum absolute atomic E-state index is 0.00812. The molecule has 0 saturated carbocycles. The molecule has 80 valence electrons. The summed E-state index contributed by atoms with van der Waals surface area (Å²) in [4.78, 5) is 0. The summed E-state index contributed by atoms with van der Waals surface area (Å²) < 4.78 is 25.0. The Bertz CT molecular complexity index is 501. The standard InChI is InChI=1S/C10H12N2O2S/c1-3-15(13,14)12-10-6-4-5-8(2)9(10)7-11/h4-6,12H,3H2,1-2H3. The van der Waals surface area contributed by atoms with Gasteiger partial charge in [0.15, 0.2) is 0 Å². The van der Waals surface area contributed by atoms with Crippen molar-refractivity contribution < 1.29 is 8.42 Å². The molecular formula is C10H12N2O2S. The fourth-order valence-corrected chi connectivity index (χ4v) is 1.79. The molecule has 0 fully saturated rings. The Morgan fingerprint density at radius 1 is 1.47 bits per heavy atom. The number of hydrogen-bond acceptors (Lipinski definition) is 3. The SMILES string of the molecule is CCS(=O)(=O)Nc1cccc(C)c1C#N. The van der Waals surface area contributed by atoms with Crippen molar-refractivity contribution >= 4 is 15.7 Å². The van der Waals surface area contributed by atoms with Crippen molar-refractivity contribution in [2.24, 2.45) is 0 Å². The third-order valence-corrected chi connectivity index (χ3v) is 3.32. The van der Waals surface area contributed by atoms with Gasteiger partial charge in [0.25, 0.3) is 0 Å². The number of sulfonamides is 1. The lowest BCUT2D eigenvalue weighted by molar-refractivity contribution is 0.602. The van der Waals surface area contributed by atoms with Crippen LogP contribution >= 0.6 is 0 Å². The molecule has 0 spiro atoms. The summed E-state index contributed by atoms with van der Waals surface area (Å²) in [7, 11) is -3.32. The highest BCUT2D eigenvalue weighted by atomic mass is 32.2. The van der Waals surface area contributed by atoms with E-state index in [0.717, 1.165) is 5.56 Å². The van der Waals surface area contributed by atoms with Crippen LogP contribution in [-0.2, 0) is 10.0 Å². The maximum Gasteiger partial charge on any atom is 0.232 e. The van der Waals surface area contributed by atoms with E-state index < -0.39 is 10.0 Å². The normalized spacial score (nSPS) is 10.7. The zero-order chi connectivity index (χ0) is 11.5. The molecule has 0 radical (unpaired) electrons. The van der Waals surface area contributed by atoms with Gasteiger partial charge in [-0.15, -0.1) is 0 Å². The molecule has 0 bridgehead atoms. The first kappa shape index (κ1) is 11.5. The van der Waals surface area contributed by atoms with Gasteiger partial charge in [-0.2, -0.15) is 5.26 Å². The van der Waals surface area contributed by atoms with E-state index in [-0.39, 0.29) is 5.75 Å². The smallest absolute Gasteiger partial charge is 0.232 e. The third kappa shape index (κ3) is 2.70. The summed E-state index contributed by atoms with van der Waals surface area (Å²) in [6.07, 6.45) is 0. The van der Waals surface area contributed by atoms with E-state index in [1.54, 1.807) is 32.0 Å². The van der Waals surface area contributed by atoms with E-state index in [1.165, 1.54) is 0 Å². The first-order valence-corrected chi connectivity index (χ1v) is 6.15. The number of nitrogens with one attached hydrogen (secondary N) is 1. The zero-order valence-corrected chi connectivity index (χ0v) is 9.43. The number of anilines is 1. The Morgan fingerprint density at radius 2 is 2.13 bits per heavy atom. The van der Waals surface area contributed by atoms with Crippen LogP contribution in [0.2, 0.25) is 0 Å². The highest BCUT2D eigenvalue weighted by molar-refractivity contribution is 7.92. The Balaban J connectivity index is 3.18. The van der Waals surface area contributed by atoms with Gasteiger partial charge in [0, 0.05) is 0 Å². The Hall–Kier alpha value is -1.54. The second-order valence-corrected chi connectivity index (χ2v) is 5.13. The topological polar surface area (TPSA) is 70.0 Å². The van der Waals surface area contributed by atoms with Gasteiger partial charge >= 0.3 is 0 Å². The third-order valence-electron chi connectivity index (χ3n) is 2.03. The Morgan fingerprint density at radius 3 is 2.67 bits per heavy atom. The first-order valence-electron chi connectivity index (χ1n) is 4.50. The summed E-state index contributed by atoms with van der Waals surface area (Å²) in [5.74, 6) is -0.00812. The number of benzene rings is 1. The molecule has 1 aromatic rings. The fraction of sp³-hybridized carbons (Fsp3) is 0.300. The number of rotatable bonds is 3. The Labute approximate surface area is 89.6 Å². The summed E-state index contributed by atoms with van der Waals surface area (Å²) in [6.45, 7) is 3.31. The quantitative estimate of drug-likeness (QED) is 0.848. The van der Waals surface area contributed by atoms with Gasteiger partial charge in [0.1, 0.15) is 6.07 Å². The molecule has 1 rings (SSSR count). The van der Waals surface area contributed by atoms with Gasteiger partial charge in [-0.25, -0.2) is 8.42 Å². The summed E-state index contributed by atoms with van der Waals surface area (Å²) in [5, 5.41) is 8.88. The molecule has 1 N–H and O–H groups in total. The van der Waals surface area contributed by atoms with Crippen LogP contribution in [0.15, 0.2) is 18.2 Å². The lowest BCUT2D eigenvalue weighted by atomic mass is 10.1. The minimum atomic E-state index is -3.32. The molecule has 1 aromatic carbocycles. The van der Waals surface area contributed by atoms with Crippen LogP contribution in [0.3, 0.4) is 0 Å². The molecule has 0 saturated heterocycles. The molecule has 0 aliphatic heterocycles. The molecule has 0 aromatic heterocycles. The van der Waals surface area contributed by atoms with Crippen molar-refractivity contribution in [2.45, 2.75) is 13.8 Å². The van der Waals surface area contributed by atoms with Crippen LogP contribution in [0.4, 0.5) is 5.69 Å². The van der Waals surface area contributed by atoms with Crippen LogP contribution in [0.25, 0.3) is 0 Å². The number of hydrogen-bond donors (Lipinski definition) is 1. The minimum Gasteiger partial charge on any atom is -0.282 e. The highest BCUT2D eigenvalue weighted by Crippen LogP contribution is 2.19. The van der Waals surface area contributed by atoms with Crippen LogP contribution in [0, 0.1) is 18.3 Å². The van der Waals surface area contributed by atoms with Crippen LogP contribution in [-0.4, -0.2) is 14.2 Å². The largest absolute Gasteiger partial charge is 0.282 e. The average molecular weight is 224 g/mol. The molecule has 0 amide bonds. The molecule has 0 unspecified atom stereocenters. The second kappa shape index (κ2) is 4.32. The van der Waals surface area contributed by atoms with Crippen LogP contribution in [0.5, 0.6) is 0 Å². The van der Waals surface area contributed by atoms with E-state index in [2.05, 4.69) is 4.72 Å². The van der Waals surface area contributed by atoms with E-state index in [4.69, 9.17) is 5.26 Å². The predicted molar refractivity (Wildman–Crippen MR) is 59.0 cm³/mol. The van der Waals surface area contributed by atoms with Gasteiger partial charge < -0.3 is 0 Å². The van der Waals surface area contributed by atoms with Gasteiger partial charge in [-0.1, -0.05) is 12.1 Å². The summed E-state index contributed by atoms with van der Waals surface area (Å²) >= 11 is 0. The average Bonchev–Trinajstić information content (AvgIpc) is 2.18. The van der Waals surface area contributed by atoms with Gasteiger partial charge in [-0.05, 0) is 25.5 Å². The summed E-state index contributed by atoms with van der Waals surface area (Å²) in [6, 6.07) is 7.04. The Kier molecular flexibility index (Phi) is 3.32. The molecular weight excluding hydrogens is 212 g/mol. The molecule has 4 nitrogen and oxygen atoms in total. The molecule has 0 atom stereocenters. The second-order valence-electron chi connectivity index (χ2n) is 3.11. The van der Waals surface area contributed by atoms with Crippen molar-refractivity contribution in [3.63, 3.8) is 0 Å². The van der Waals surface area contributed by atoms with Gasteiger partial charge in [0.05, 0.1) is 17.0 Å². The van der Waals surface area contributed by atoms with Gasteiger partial charge in [-0.3, -0.25) is 4.72 Å². The van der Waals surface area contributed by atoms with E-state index in [9.17, 15) is 8.42 Å². The van der Waals surface area contributed by atoms with Gasteiger partial charge in [0.2, 0.25) is 10.0 Å². The monoisotopic (exact) mass is 224 g/mol. The van der Waals surface area contributed by atoms with E-state index >= 15 is 0 Å². The highest BCUT2D eigenvalue weighted by Gasteiger charge is 2.11. The van der Waals surface area contributed by atoms with Crippen molar-refractivity contribution in [3.05, 3.63) is 29.3 Å². The number of nitriles is 1. The van der Waals surface area contributed by atoms with Crippen LogP contribution < -0.4 is 4.72 Å². The van der Waals surface area contributed by atoms with Crippen molar-refractivity contribution in [3.8, 4) is 6.07 Å². The van der Waals surface area contributed by atoms with E-state index in [0.29, 0.717) is 11.3 Å². The molecule has 0 aliphatic rings. The van der Waals surface area contributed by atoms with E-state index in [1.807, 2.05) is 6.07 Å². The maximum atomic E-state index is 11.3. The van der Waals surface area contributed by atoms with Crippen molar-refractivity contribution in [1.29, 1.82) is 5.26 Å². The van der Waals surface area contributed by atoms with Crippen molar-refractivity contribution in [2.75, 3.05) is 10.5 Å². The fourth-order valence-electron chi connectivity index (χ4n) is 1.14. The van der Waals surface area contributed by atoms with Crippen molar-refractivity contribution in [1.82, 2.24) is 0 Å². The lowest BCUT2D eigenvalue weighted by Crippen LogP contribution is -2.15. The zero-order valence-electron chi connectivity index (χ0n) is 8.61. The predicted octanol–water partition coefficient (Wildman–Crippen LogP) is 1.63. The molecule has 5 heteroatoms. The van der Waals surface area contributed by atoms with Crippen LogP contribution in [0.1, 0.15) is 18.1 Å². The first-order chi connectivity index (χ1) is 7.00. The number of nitrogens with zero attached hydrogens (tertiary/aromatic N) is 1. The lowest BCUT2D eigenvalue weighted by Gasteiger charge is -2.08. The summed E-state index contributed by atoms with van der Waals surface area (Å²) in [5.41, 5.74) is 1.47. The molecule has 0 heterocycles. The molecule has 0 aliphatic carbocycles. The number of aryl methyl sites for hydroxylation is 1. The molecule has 15 heavy (non-hydrogen) atoms. The maximum absolute atomic E-state index is 11.3.